The smallest absolute Gasteiger partial charge is 0.340 e. The minimum absolute atomic E-state index is 0. The van der Waals surface area contributed by atoms with Gasteiger partial charge >= 0.3 is 5.97 Å². The highest BCUT2D eigenvalue weighted by atomic mass is 79.9. The van der Waals surface area contributed by atoms with Crippen LogP contribution in [0, 0.1) is 0 Å². The topological polar surface area (TPSA) is 54.7 Å². The Kier molecular flexibility index (Phi) is 7.57. The number of aryl methyl sites for hydroxylation is 1. The molecular weight excluding hydrogens is 396 g/mol. The summed E-state index contributed by atoms with van der Waals surface area (Å²) in [6, 6.07) is 3.45. The molecule has 24 heavy (non-hydrogen) atoms. The second-order valence-corrected chi connectivity index (χ2v) is 6.24. The highest BCUT2D eigenvalue weighted by molar-refractivity contribution is 9.10. The van der Waals surface area contributed by atoms with E-state index < -0.39 is 0 Å². The van der Waals surface area contributed by atoms with Gasteiger partial charge in [-0.2, -0.15) is 0 Å². The highest BCUT2D eigenvalue weighted by Gasteiger charge is 2.24. The fourth-order valence-corrected chi connectivity index (χ4v) is 3.10. The zero-order valence-electron chi connectivity index (χ0n) is 14.4. The van der Waals surface area contributed by atoms with Crippen LogP contribution in [0.5, 0.6) is 5.75 Å². The van der Waals surface area contributed by atoms with Gasteiger partial charge in [0, 0.05) is 24.7 Å². The summed E-state index contributed by atoms with van der Waals surface area (Å²) in [6.45, 7) is 8.76. The largest absolute Gasteiger partial charge is 0.507 e. The van der Waals surface area contributed by atoms with Crippen LogP contribution in [-0.4, -0.2) is 40.2 Å². The van der Waals surface area contributed by atoms with Crippen LogP contribution < -0.4 is 0 Å². The molecule has 1 N–H and O–H groups in total. The van der Waals surface area contributed by atoms with Gasteiger partial charge in [-0.1, -0.05) is 13.8 Å². The van der Waals surface area contributed by atoms with Crippen molar-refractivity contribution in [2.24, 2.45) is 7.05 Å². The molecule has 2 aromatic rings. The van der Waals surface area contributed by atoms with E-state index in [1.807, 2.05) is 17.7 Å². The Morgan fingerprint density at radius 1 is 1.29 bits per heavy atom. The summed E-state index contributed by atoms with van der Waals surface area (Å²) < 4.78 is 7.86. The van der Waals surface area contributed by atoms with Crippen molar-refractivity contribution in [1.29, 1.82) is 0 Å². The predicted molar refractivity (Wildman–Crippen MR) is 102 cm³/mol. The van der Waals surface area contributed by atoms with E-state index in [2.05, 4.69) is 34.7 Å². The van der Waals surface area contributed by atoms with Crippen LogP contribution in [0.1, 0.15) is 36.8 Å². The van der Waals surface area contributed by atoms with Crippen LogP contribution in [0.2, 0.25) is 0 Å². The number of aromatic nitrogens is 1. The molecule has 1 aromatic heterocycles. The third-order valence-corrected chi connectivity index (χ3v) is 4.77. The summed E-state index contributed by atoms with van der Waals surface area (Å²) in [7, 11) is 1.94. The number of fused-ring (bicyclic) bond motifs is 1. The molecule has 1 aromatic carbocycles. The minimum Gasteiger partial charge on any atom is -0.507 e. The molecular formula is C17H24BrClN2O3. The lowest BCUT2D eigenvalue weighted by molar-refractivity contribution is 0.0526. The molecule has 0 atom stereocenters. The van der Waals surface area contributed by atoms with Crippen LogP contribution >= 0.6 is 28.3 Å². The zero-order valence-corrected chi connectivity index (χ0v) is 16.8. The summed E-state index contributed by atoms with van der Waals surface area (Å²) in [5.74, 6) is -0.231. The number of hydrogen-bond acceptors (Lipinski definition) is 4. The second kappa shape index (κ2) is 8.74. The summed E-state index contributed by atoms with van der Waals surface area (Å²) in [5.41, 5.74) is 2.33. The molecule has 7 heteroatoms. The number of benzene rings is 1. The van der Waals surface area contributed by atoms with Crippen LogP contribution in [0.3, 0.4) is 0 Å². The van der Waals surface area contributed by atoms with Gasteiger partial charge in [0.25, 0.3) is 0 Å². The molecule has 0 aliphatic carbocycles. The summed E-state index contributed by atoms with van der Waals surface area (Å²) in [6.07, 6.45) is 0. The van der Waals surface area contributed by atoms with E-state index in [1.54, 1.807) is 13.0 Å². The van der Waals surface area contributed by atoms with E-state index in [1.165, 1.54) is 0 Å². The van der Waals surface area contributed by atoms with Gasteiger partial charge in [-0.25, -0.2) is 4.79 Å². The molecule has 0 saturated carbocycles. The van der Waals surface area contributed by atoms with Crippen LogP contribution in [0.15, 0.2) is 16.6 Å². The van der Waals surface area contributed by atoms with E-state index in [4.69, 9.17) is 4.74 Å². The average molecular weight is 420 g/mol. The minimum atomic E-state index is -0.345. The van der Waals surface area contributed by atoms with Crippen molar-refractivity contribution in [2.75, 3.05) is 19.7 Å². The number of esters is 1. The number of carbonyl (C=O) groups excluding carboxylic acids is 1. The number of halogens is 2. The lowest BCUT2D eigenvalue weighted by Gasteiger charge is -2.19. The normalized spacial score (nSPS) is 10.9. The van der Waals surface area contributed by atoms with Crippen molar-refractivity contribution in [3.63, 3.8) is 0 Å². The van der Waals surface area contributed by atoms with Gasteiger partial charge in [-0.15, -0.1) is 12.4 Å². The number of aromatic hydroxyl groups is 1. The Balaban J connectivity index is 0.00000288. The Morgan fingerprint density at radius 3 is 2.46 bits per heavy atom. The first-order chi connectivity index (χ1) is 10.9. The first-order valence-corrected chi connectivity index (χ1v) is 8.63. The van der Waals surface area contributed by atoms with Crippen molar-refractivity contribution >= 4 is 45.2 Å². The molecule has 0 saturated heterocycles. The van der Waals surface area contributed by atoms with E-state index in [0.29, 0.717) is 28.6 Å². The molecule has 0 aliphatic rings. The maximum absolute atomic E-state index is 12.5. The quantitative estimate of drug-likeness (QED) is 0.717. The maximum atomic E-state index is 12.5. The van der Waals surface area contributed by atoms with Gasteiger partial charge in [-0.05, 0) is 48.1 Å². The molecule has 0 radical (unpaired) electrons. The lowest BCUT2D eigenvalue weighted by atomic mass is 10.1. The number of ether oxygens (including phenoxy) is 1. The number of phenolic OH excluding ortho intramolecular Hbond substituents is 1. The van der Waals surface area contributed by atoms with Gasteiger partial charge in [0.05, 0.1) is 22.2 Å². The third kappa shape index (κ3) is 3.87. The molecule has 2 rings (SSSR count). The van der Waals surface area contributed by atoms with Crippen LogP contribution in [0.4, 0.5) is 0 Å². The SMILES string of the molecule is CCOC(=O)c1c(CN(CC)CC)n(C)c2cc(Br)c(O)cc12.Cl. The highest BCUT2D eigenvalue weighted by Crippen LogP contribution is 2.34. The van der Waals surface area contributed by atoms with E-state index in [0.717, 1.165) is 24.3 Å². The Bertz CT molecular complexity index is 726. The van der Waals surface area contributed by atoms with Crippen molar-refractivity contribution in [3.05, 3.63) is 27.9 Å². The predicted octanol–water partition coefficient (Wildman–Crippen LogP) is 4.09. The molecule has 0 aliphatic heterocycles. The van der Waals surface area contributed by atoms with Crippen LogP contribution in [-0.2, 0) is 18.3 Å². The fraction of sp³-hybridized carbons (Fsp3) is 0.471. The Hall–Kier alpha value is -1.24. The van der Waals surface area contributed by atoms with E-state index in [-0.39, 0.29) is 24.1 Å². The third-order valence-electron chi connectivity index (χ3n) is 4.14. The fourth-order valence-electron chi connectivity index (χ4n) is 2.77. The number of carbonyl (C=O) groups is 1. The van der Waals surface area contributed by atoms with Gasteiger partial charge < -0.3 is 14.4 Å². The Labute approximate surface area is 157 Å². The van der Waals surface area contributed by atoms with Gasteiger partial charge in [0.1, 0.15) is 5.75 Å². The second-order valence-electron chi connectivity index (χ2n) is 5.38. The molecule has 0 bridgehead atoms. The van der Waals surface area contributed by atoms with Gasteiger partial charge in [0.2, 0.25) is 0 Å². The van der Waals surface area contributed by atoms with Gasteiger partial charge in [-0.3, -0.25) is 4.90 Å². The van der Waals surface area contributed by atoms with Crippen molar-refractivity contribution in [1.82, 2.24) is 9.47 Å². The summed E-state index contributed by atoms with van der Waals surface area (Å²) >= 11 is 3.34. The average Bonchev–Trinajstić information content (AvgIpc) is 2.78. The van der Waals surface area contributed by atoms with Crippen molar-refractivity contribution < 1.29 is 14.6 Å². The molecule has 1 heterocycles. The van der Waals surface area contributed by atoms with Crippen molar-refractivity contribution in [2.45, 2.75) is 27.3 Å². The summed E-state index contributed by atoms with van der Waals surface area (Å²) in [5, 5.41) is 10.7. The van der Waals surface area contributed by atoms with Crippen LogP contribution in [0.25, 0.3) is 10.9 Å². The number of rotatable bonds is 6. The molecule has 0 spiro atoms. The number of nitrogens with zero attached hydrogens (tertiary/aromatic N) is 2. The standard InChI is InChI=1S/C17H23BrN2O3.ClH/c1-5-20(6-2)10-14-16(17(22)23-7-3)11-8-15(21)12(18)9-13(11)19(14)4;/h8-9,21H,5-7,10H2,1-4H3;1H. The van der Waals surface area contributed by atoms with E-state index >= 15 is 0 Å². The first-order valence-electron chi connectivity index (χ1n) is 7.83. The Morgan fingerprint density at radius 2 is 1.92 bits per heavy atom. The molecule has 134 valence electrons. The summed E-state index contributed by atoms with van der Waals surface area (Å²) in [4.78, 5) is 14.7. The van der Waals surface area contributed by atoms with E-state index in [9.17, 15) is 9.90 Å². The molecule has 0 unspecified atom stereocenters. The molecule has 0 amide bonds. The molecule has 5 nitrogen and oxygen atoms in total. The number of hydrogen-bond donors (Lipinski definition) is 1. The maximum Gasteiger partial charge on any atom is 0.340 e. The van der Waals surface area contributed by atoms with Gasteiger partial charge in [0.15, 0.2) is 0 Å². The number of phenols is 1. The first kappa shape index (κ1) is 20.8. The zero-order chi connectivity index (χ0) is 17.1. The molecule has 0 fully saturated rings. The van der Waals surface area contributed by atoms with Crippen molar-refractivity contribution in [3.8, 4) is 5.75 Å². The monoisotopic (exact) mass is 418 g/mol. The lowest BCUT2D eigenvalue weighted by Crippen LogP contribution is -2.25.